The highest BCUT2D eigenvalue weighted by molar-refractivity contribution is 5.79. The molecule has 2 aliphatic rings. The van der Waals surface area contributed by atoms with Crippen LogP contribution >= 0.6 is 0 Å². The average Bonchev–Trinajstić information content (AvgIpc) is 2.80. The first-order chi connectivity index (χ1) is 7.87. The SMILES string of the molecule is CC(C)CC(C)(O)CNC(=O)C1CC2CC2C1. The van der Waals surface area contributed by atoms with Gasteiger partial charge in [0.25, 0.3) is 0 Å². The van der Waals surface area contributed by atoms with E-state index in [1.54, 1.807) is 6.92 Å². The number of carbonyl (C=O) groups excluding carboxylic acids is 1. The number of fused-ring (bicyclic) bond motifs is 1. The van der Waals surface area contributed by atoms with Crippen molar-refractivity contribution in [3.63, 3.8) is 0 Å². The summed E-state index contributed by atoms with van der Waals surface area (Å²) in [6.07, 6.45) is 4.21. The van der Waals surface area contributed by atoms with Crippen molar-refractivity contribution in [2.75, 3.05) is 6.54 Å². The van der Waals surface area contributed by atoms with Gasteiger partial charge in [-0.25, -0.2) is 0 Å². The van der Waals surface area contributed by atoms with Gasteiger partial charge in [0, 0.05) is 12.5 Å². The van der Waals surface area contributed by atoms with Crippen LogP contribution in [-0.2, 0) is 4.79 Å². The Morgan fingerprint density at radius 1 is 1.35 bits per heavy atom. The lowest BCUT2D eigenvalue weighted by atomic mass is 9.94. The molecule has 2 N–H and O–H groups in total. The molecule has 0 radical (unpaired) electrons. The van der Waals surface area contributed by atoms with Gasteiger partial charge in [-0.15, -0.1) is 0 Å². The summed E-state index contributed by atoms with van der Waals surface area (Å²) in [5, 5.41) is 13.0. The van der Waals surface area contributed by atoms with Crippen molar-refractivity contribution < 1.29 is 9.90 Å². The molecular formula is C14H25NO2. The number of aliphatic hydroxyl groups is 1. The molecule has 3 heteroatoms. The largest absolute Gasteiger partial charge is 0.388 e. The molecule has 2 rings (SSSR count). The third kappa shape index (κ3) is 3.44. The lowest BCUT2D eigenvalue weighted by molar-refractivity contribution is -0.126. The normalized spacial score (nSPS) is 34.3. The first kappa shape index (κ1) is 12.9. The van der Waals surface area contributed by atoms with E-state index in [4.69, 9.17) is 0 Å². The highest BCUT2D eigenvalue weighted by Gasteiger charge is 2.48. The van der Waals surface area contributed by atoms with Crippen LogP contribution in [0.15, 0.2) is 0 Å². The van der Waals surface area contributed by atoms with E-state index in [1.807, 2.05) is 0 Å². The Labute approximate surface area is 104 Å². The maximum Gasteiger partial charge on any atom is 0.223 e. The zero-order chi connectivity index (χ0) is 12.6. The molecule has 0 aromatic carbocycles. The first-order valence-corrected chi connectivity index (χ1v) is 6.87. The number of amides is 1. The van der Waals surface area contributed by atoms with Crippen molar-refractivity contribution in [1.82, 2.24) is 5.32 Å². The molecule has 2 aliphatic carbocycles. The number of rotatable bonds is 5. The summed E-state index contributed by atoms with van der Waals surface area (Å²) in [5.41, 5.74) is -0.772. The number of hydrogen-bond acceptors (Lipinski definition) is 2. The van der Waals surface area contributed by atoms with E-state index >= 15 is 0 Å². The molecule has 2 saturated carbocycles. The number of nitrogens with one attached hydrogen (secondary N) is 1. The quantitative estimate of drug-likeness (QED) is 0.770. The maximum absolute atomic E-state index is 11.9. The molecule has 17 heavy (non-hydrogen) atoms. The highest BCUT2D eigenvalue weighted by Crippen LogP contribution is 2.54. The van der Waals surface area contributed by atoms with E-state index in [-0.39, 0.29) is 11.8 Å². The molecule has 0 spiro atoms. The molecule has 0 aromatic heterocycles. The fourth-order valence-electron chi connectivity index (χ4n) is 3.30. The Hall–Kier alpha value is -0.570. The summed E-state index contributed by atoms with van der Waals surface area (Å²) >= 11 is 0. The van der Waals surface area contributed by atoms with Crippen molar-refractivity contribution in [1.29, 1.82) is 0 Å². The Morgan fingerprint density at radius 2 is 1.94 bits per heavy atom. The fourth-order valence-corrected chi connectivity index (χ4v) is 3.30. The molecule has 0 heterocycles. The van der Waals surface area contributed by atoms with Gasteiger partial charge in [-0.2, -0.15) is 0 Å². The monoisotopic (exact) mass is 239 g/mol. The maximum atomic E-state index is 11.9. The van der Waals surface area contributed by atoms with E-state index in [9.17, 15) is 9.90 Å². The minimum atomic E-state index is -0.772. The van der Waals surface area contributed by atoms with Crippen LogP contribution in [-0.4, -0.2) is 23.2 Å². The van der Waals surface area contributed by atoms with Gasteiger partial charge in [0.15, 0.2) is 0 Å². The summed E-state index contributed by atoms with van der Waals surface area (Å²) in [6, 6.07) is 0. The minimum absolute atomic E-state index is 0.154. The lowest BCUT2D eigenvalue weighted by Gasteiger charge is -2.26. The summed E-state index contributed by atoms with van der Waals surface area (Å²) in [5.74, 6) is 2.49. The Bertz CT molecular complexity index is 289. The van der Waals surface area contributed by atoms with Crippen molar-refractivity contribution in [2.24, 2.45) is 23.7 Å². The van der Waals surface area contributed by atoms with Crippen LogP contribution in [0.25, 0.3) is 0 Å². The summed E-state index contributed by atoms with van der Waals surface area (Å²) < 4.78 is 0. The molecule has 0 aromatic rings. The molecule has 2 fully saturated rings. The van der Waals surface area contributed by atoms with Gasteiger partial charge < -0.3 is 10.4 Å². The van der Waals surface area contributed by atoms with Crippen LogP contribution < -0.4 is 5.32 Å². The average molecular weight is 239 g/mol. The van der Waals surface area contributed by atoms with Crippen LogP contribution in [0.1, 0.15) is 46.5 Å². The first-order valence-electron chi connectivity index (χ1n) is 6.87. The molecular weight excluding hydrogens is 214 g/mol. The van der Waals surface area contributed by atoms with Gasteiger partial charge in [0.2, 0.25) is 5.91 Å². The molecule has 1 amide bonds. The van der Waals surface area contributed by atoms with E-state index in [0.29, 0.717) is 12.5 Å². The van der Waals surface area contributed by atoms with Crippen molar-refractivity contribution in [3.8, 4) is 0 Å². The predicted octanol–water partition coefficient (Wildman–Crippen LogP) is 1.95. The minimum Gasteiger partial charge on any atom is -0.388 e. The molecule has 98 valence electrons. The second-order valence-corrected chi connectivity index (χ2v) is 6.74. The van der Waals surface area contributed by atoms with E-state index in [1.165, 1.54) is 6.42 Å². The van der Waals surface area contributed by atoms with Gasteiger partial charge in [0.05, 0.1) is 5.60 Å². The Morgan fingerprint density at radius 3 is 2.47 bits per heavy atom. The molecule has 0 aliphatic heterocycles. The second kappa shape index (κ2) is 4.60. The standard InChI is InChI=1S/C14H25NO2/c1-9(2)7-14(3,17)8-15-13(16)12-5-10-4-11(10)6-12/h9-12,17H,4-8H2,1-3H3,(H,15,16). The van der Waals surface area contributed by atoms with E-state index < -0.39 is 5.60 Å². The zero-order valence-corrected chi connectivity index (χ0v) is 11.2. The van der Waals surface area contributed by atoms with Crippen molar-refractivity contribution >= 4 is 5.91 Å². The smallest absolute Gasteiger partial charge is 0.223 e. The van der Waals surface area contributed by atoms with Gasteiger partial charge in [-0.3, -0.25) is 4.79 Å². The fraction of sp³-hybridized carbons (Fsp3) is 0.929. The highest BCUT2D eigenvalue weighted by atomic mass is 16.3. The van der Waals surface area contributed by atoms with Gasteiger partial charge in [-0.1, -0.05) is 13.8 Å². The zero-order valence-electron chi connectivity index (χ0n) is 11.2. The third-order valence-electron chi connectivity index (χ3n) is 4.11. The summed E-state index contributed by atoms with van der Waals surface area (Å²) in [6.45, 7) is 6.36. The van der Waals surface area contributed by atoms with Gasteiger partial charge in [0.1, 0.15) is 0 Å². The Balaban J connectivity index is 1.71. The summed E-state index contributed by atoms with van der Waals surface area (Å²) in [7, 11) is 0. The molecule has 0 saturated heterocycles. The van der Waals surface area contributed by atoms with Crippen LogP contribution in [0.4, 0.5) is 0 Å². The predicted molar refractivity (Wildman–Crippen MR) is 67.4 cm³/mol. The van der Waals surface area contributed by atoms with Gasteiger partial charge in [-0.05, 0) is 50.4 Å². The Kier molecular flexibility index (Phi) is 3.48. The molecule has 3 nitrogen and oxygen atoms in total. The molecule has 3 unspecified atom stereocenters. The van der Waals surface area contributed by atoms with Crippen LogP contribution in [0.3, 0.4) is 0 Å². The third-order valence-corrected chi connectivity index (χ3v) is 4.11. The van der Waals surface area contributed by atoms with Crippen LogP contribution in [0, 0.1) is 23.7 Å². The second-order valence-electron chi connectivity index (χ2n) is 6.74. The van der Waals surface area contributed by atoms with E-state index in [0.717, 1.165) is 31.1 Å². The van der Waals surface area contributed by atoms with Crippen molar-refractivity contribution in [3.05, 3.63) is 0 Å². The van der Waals surface area contributed by atoms with Crippen molar-refractivity contribution in [2.45, 2.75) is 52.1 Å². The van der Waals surface area contributed by atoms with Crippen LogP contribution in [0.5, 0.6) is 0 Å². The lowest BCUT2D eigenvalue weighted by Crippen LogP contribution is -2.43. The molecule has 0 bridgehead atoms. The molecule has 3 atom stereocenters. The number of hydrogen-bond donors (Lipinski definition) is 2. The number of carbonyl (C=O) groups is 1. The topological polar surface area (TPSA) is 49.3 Å². The summed E-state index contributed by atoms with van der Waals surface area (Å²) in [4.78, 5) is 11.9. The van der Waals surface area contributed by atoms with E-state index in [2.05, 4.69) is 19.2 Å². The van der Waals surface area contributed by atoms with Crippen LogP contribution in [0.2, 0.25) is 0 Å². The van der Waals surface area contributed by atoms with Gasteiger partial charge >= 0.3 is 0 Å².